The number of methoxy groups -OCH3 is 1. The van der Waals surface area contributed by atoms with E-state index in [9.17, 15) is 9.59 Å². The number of piperidine rings is 1. The SMILES string of the molecule is COc1ccc(NC(=O)CN2CCCC[C@H]2c2ncc(C(=O)N(C)C)c(C)n2)cc1. The number of aromatic nitrogens is 2. The maximum Gasteiger partial charge on any atom is 0.256 e. The molecule has 1 aromatic heterocycles. The Labute approximate surface area is 177 Å². The van der Waals surface area contributed by atoms with Gasteiger partial charge in [-0.25, -0.2) is 9.97 Å². The Bertz CT molecular complexity index is 898. The molecule has 0 spiro atoms. The number of benzene rings is 1. The third-order valence-electron chi connectivity index (χ3n) is 5.27. The van der Waals surface area contributed by atoms with Crippen molar-refractivity contribution in [1.82, 2.24) is 19.8 Å². The molecule has 3 rings (SSSR count). The first-order valence-corrected chi connectivity index (χ1v) is 10.1. The van der Waals surface area contributed by atoms with Crippen LogP contribution in [0.2, 0.25) is 0 Å². The first-order chi connectivity index (χ1) is 14.4. The van der Waals surface area contributed by atoms with E-state index in [-0.39, 0.29) is 24.4 Å². The number of likely N-dealkylation sites (tertiary alicyclic amines) is 1. The minimum Gasteiger partial charge on any atom is -0.497 e. The van der Waals surface area contributed by atoms with Crippen molar-refractivity contribution in [1.29, 1.82) is 0 Å². The fourth-order valence-corrected chi connectivity index (χ4v) is 3.63. The van der Waals surface area contributed by atoms with Crippen molar-refractivity contribution in [2.24, 2.45) is 0 Å². The molecule has 1 aromatic carbocycles. The fraction of sp³-hybridized carbons (Fsp3) is 0.455. The van der Waals surface area contributed by atoms with E-state index >= 15 is 0 Å². The molecule has 160 valence electrons. The van der Waals surface area contributed by atoms with Gasteiger partial charge in [-0.1, -0.05) is 6.42 Å². The van der Waals surface area contributed by atoms with Crippen LogP contribution in [0.25, 0.3) is 0 Å². The summed E-state index contributed by atoms with van der Waals surface area (Å²) in [6.45, 7) is 2.89. The van der Waals surface area contributed by atoms with Gasteiger partial charge in [0.1, 0.15) is 11.6 Å². The number of anilines is 1. The lowest BCUT2D eigenvalue weighted by molar-refractivity contribution is -0.118. The molecule has 1 aliphatic rings. The lowest BCUT2D eigenvalue weighted by Gasteiger charge is -2.34. The molecule has 0 unspecified atom stereocenters. The second kappa shape index (κ2) is 9.67. The zero-order valence-corrected chi connectivity index (χ0v) is 18.0. The Morgan fingerprint density at radius 2 is 1.97 bits per heavy atom. The van der Waals surface area contributed by atoms with Crippen LogP contribution < -0.4 is 10.1 Å². The van der Waals surface area contributed by atoms with E-state index < -0.39 is 0 Å². The lowest BCUT2D eigenvalue weighted by atomic mass is 10.0. The zero-order valence-electron chi connectivity index (χ0n) is 18.0. The quantitative estimate of drug-likeness (QED) is 0.786. The first kappa shape index (κ1) is 21.7. The van der Waals surface area contributed by atoms with E-state index in [0.29, 0.717) is 17.1 Å². The summed E-state index contributed by atoms with van der Waals surface area (Å²) in [4.78, 5) is 37.6. The Morgan fingerprint density at radius 1 is 1.23 bits per heavy atom. The van der Waals surface area contributed by atoms with Crippen LogP contribution in [-0.2, 0) is 4.79 Å². The molecule has 2 aromatic rings. The number of hydrogen-bond acceptors (Lipinski definition) is 6. The normalized spacial score (nSPS) is 16.7. The average Bonchev–Trinajstić information content (AvgIpc) is 2.74. The van der Waals surface area contributed by atoms with Crippen molar-refractivity contribution in [2.45, 2.75) is 32.2 Å². The number of nitrogens with one attached hydrogen (secondary N) is 1. The van der Waals surface area contributed by atoms with Crippen LogP contribution in [0.3, 0.4) is 0 Å². The predicted octanol–water partition coefficient (Wildman–Crippen LogP) is 2.66. The largest absolute Gasteiger partial charge is 0.497 e. The van der Waals surface area contributed by atoms with Gasteiger partial charge in [-0.2, -0.15) is 0 Å². The molecular formula is C22H29N5O3. The Hall–Kier alpha value is -3.00. The number of hydrogen-bond donors (Lipinski definition) is 1. The lowest BCUT2D eigenvalue weighted by Crippen LogP contribution is -2.40. The number of amides is 2. The van der Waals surface area contributed by atoms with Gasteiger partial charge in [-0.3, -0.25) is 14.5 Å². The number of carbonyl (C=O) groups excluding carboxylic acids is 2. The summed E-state index contributed by atoms with van der Waals surface area (Å²) in [6, 6.07) is 7.22. The third-order valence-corrected chi connectivity index (χ3v) is 5.27. The summed E-state index contributed by atoms with van der Waals surface area (Å²) < 4.78 is 5.15. The van der Waals surface area contributed by atoms with Gasteiger partial charge in [-0.15, -0.1) is 0 Å². The van der Waals surface area contributed by atoms with Gasteiger partial charge >= 0.3 is 0 Å². The maximum absolute atomic E-state index is 12.6. The van der Waals surface area contributed by atoms with Gasteiger partial charge in [0.2, 0.25) is 5.91 Å². The highest BCUT2D eigenvalue weighted by atomic mass is 16.5. The molecule has 8 nitrogen and oxygen atoms in total. The monoisotopic (exact) mass is 411 g/mol. The number of ether oxygens (including phenoxy) is 1. The van der Waals surface area contributed by atoms with E-state index in [1.54, 1.807) is 27.4 Å². The van der Waals surface area contributed by atoms with Crippen molar-refractivity contribution < 1.29 is 14.3 Å². The van der Waals surface area contributed by atoms with E-state index in [1.807, 2.05) is 31.2 Å². The Kier molecular flexibility index (Phi) is 6.99. The van der Waals surface area contributed by atoms with Crippen LogP contribution in [0.4, 0.5) is 5.69 Å². The standard InChI is InChI=1S/C22H29N5O3/c1-15-18(22(29)26(2)3)13-23-21(24-15)19-7-5-6-12-27(19)14-20(28)25-16-8-10-17(30-4)11-9-16/h8-11,13,19H,5-7,12,14H2,1-4H3,(H,25,28)/t19-/m0/s1. The van der Waals surface area contributed by atoms with Gasteiger partial charge in [0.05, 0.1) is 31.0 Å². The van der Waals surface area contributed by atoms with E-state index in [2.05, 4.69) is 20.2 Å². The van der Waals surface area contributed by atoms with Crippen molar-refractivity contribution in [3.63, 3.8) is 0 Å². The van der Waals surface area contributed by atoms with Crippen LogP contribution in [-0.4, -0.2) is 65.9 Å². The summed E-state index contributed by atoms with van der Waals surface area (Å²) in [6.07, 6.45) is 4.57. The smallest absolute Gasteiger partial charge is 0.256 e. The number of rotatable bonds is 6. The summed E-state index contributed by atoms with van der Waals surface area (Å²) in [5.41, 5.74) is 1.89. The molecule has 1 aliphatic heterocycles. The van der Waals surface area contributed by atoms with Crippen molar-refractivity contribution in [2.75, 3.05) is 39.6 Å². The molecule has 0 aliphatic carbocycles. The molecule has 1 atom stereocenters. The minimum atomic E-state index is -0.113. The maximum atomic E-state index is 12.6. The molecule has 2 amide bonds. The van der Waals surface area contributed by atoms with Crippen molar-refractivity contribution in [3.8, 4) is 5.75 Å². The molecule has 1 saturated heterocycles. The number of nitrogens with zero attached hydrogens (tertiary/aromatic N) is 4. The second-order valence-electron chi connectivity index (χ2n) is 7.69. The van der Waals surface area contributed by atoms with E-state index in [0.717, 1.165) is 37.2 Å². The summed E-state index contributed by atoms with van der Waals surface area (Å²) in [7, 11) is 5.02. The molecule has 2 heterocycles. The van der Waals surface area contributed by atoms with Crippen LogP contribution in [0.1, 0.15) is 47.2 Å². The molecule has 8 heteroatoms. The third kappa shape index (κ3) is 5.13. The number of carbonyl (C=O) groups is 2. The van der Waals surface area contributed by atoms with Gasteiger partial charge < -0.3 is 15.0 Å². The average molecular weight is 412 g/mol. The molecule has 0 radical (unpaired) electrons. The topological polar surface area (TPSA) is 87.7 Å². The molecule has 1 fully saturated rings. The zero-order chi connectivity index (χ0) is 21.7. The summed E-state index contributed by atoms with van der Waals surface area (Å²) in [5.74, 6) is 1.22. The molecule has 1 N–H and O–H groups in total. The van der Waals surface area contributed by atoms with Gasteiger partial charge in [0, 0.05) is 26.0 Å². The highest BCUT2D eigenvalue weighted by Gasteiger charge is 2.28. The van der Waals surface area contributed by atoms with Crippen molar-refractivity contribution in [3.05, 3.63) is 47.5 Å². The van der Waals surface area contributed by atoms with Gasteiger partial charge in [-0.05, 0) is 50.6 Å². The number of aryl methyl sites for hydroxylation is 1. The summed E-state index contributed by atoms with van der Waals surface area (Å²) >= 11 is 0. The molecule has 0 bridgehead atoms. The van der Waals surface area contributed by atoms with Crippen LogP contribution in [0, 0.1) is 6.92 Å². The Balaban J connectivity index is 1.70. The first-order valence-electron chi connectivity index (χ1n) is 10.1. The summed E-state index contributed by atoms with van der Waals surface area (Å²) in [5, 5.41) is 2.93. The van der Waals surface area contributed by atoms with Gasteiger partial charge in [0.25, 0.3) is 5.91 Å². The highest BCUT2D eigenvalue weighted by Crippen LogP contribution is 2.29. The minimum absolute atomic E-state index is 0.0393. The molecule has 0 saturated carbocycles. The Morgan fingerprint density at radius 3 is 2.60 bits per heavy atom. The second-order valence-corrected chi connectivity index (χ2v) is 7.69. The van der Waals surface area contributed by atoms with Crippen LogP contribution in [0.15, 0.2) is 30.5 Å². The van der Waals surface area contributed by atoms with Gasteiger partial charge in [0.15, 0.2) is 0 Å². The van der Waals surface area contributed by atoms with Crippen LogP contribution >= 0.6 is 0 Å². The van der Waals surface area contributed by atoms with Crippen molar-refractivity contribution >= 4 is 17.5 Å². The molecular weight excluding hydrogens is 382 g/mol. The highest BCUT2D eigenvalue weighted by molar-refractivity contribution is 5.94. The van der Waals surface area contributed by atoms with E-state index in [1.165, 1.54) is 4.90 Å². The molecule has 30 heavy (non-hydrogen) atoms. The predicted molar refractivity (Wildman–Crippen MR) is 115 cm³/mol. The van der Waals surface area contributed by atoms with Crippen LogP contribution in [0.5, 0.6) is 5.75 Å². The fourth-order valence-electron chi connectivity index (χ4n) is 3.63. The van der Waals surface area contributed by atoms with E-state index in [4.69, 9.17) is 4.74 Å².